The molecule has 2 aliphatic rings. The molecule has 1 saturated carbocycles. The highest BCUT2D eigenvalue weighted by Crippen LogP contribution is 2.51. The van der Waals surface area contributed by atoms with Crippen LogP contribution in [-0.2, 0) is 14.3 Å². The Kier molecular flexibility index (Phi) is 4.54. The van der Waals surface area contributed by atoms with E-state index in [4.69, 9.17) is 27.9 Å². The molecule has 0 aromatic heterocycles. The van der Waals surface area contributed by atoms with Gasteiger partial charge >= 0.3 is 5.97 Å². The standard InChI is InChI=1S/C16H17Cl2NO4/c1-23-9-5-14(16(21)22)19(7-9)15(20)12-6-11(12)10-3-2-8(17)4-13(10)18/h2-4,9,11-12,14H,5-7H2,1H3,(H,21,22). The molecular weight excluding hydrogens is 341 g/mol. The summed E-state index contributed by atoms with van der Waals surface area (Å²) in [5, 5.41) is 10.4. The van der Waals surface area contributed by atoms with Gasteiger partial charge in [-0.15, -0.1) is 0 Å². The number of halogens is 2. The van der Waals surface area contributed by atoms with E-state index in [1.807, 2.05) is 6.07 Å². The maximum atomic E-state index is 12.7. The third-order valence-corrected chi connectivity index (χ3v) is 5.20. The average Bonchev–Trinajstić information content (AvgIpc) is 3.15. The Bertz CT molecular complexity index is 651. The third-order valence-electron chi connectivity index (χ3n) is 4.63. The highest BCUT2D eigenvalue weighted by Gasteiger charge is 2.50. The molecule has 1 aliphatic carbocycles. The van der Waals surface area contributed by atoms with Crippen LogP contribution >= 0.6 is 23.2 Å². The van der Waals surface area contributed by atoms with E-state index < -0.39 is 12.0 Å². The Labute approximate surface area is 144 Å². The molecule has 1 amide bonds. The lowest BCUT2D eigenvalue weighted by atomic mass is 10.1. The first-order chi connectivity index (χ1) is 10.9. The Morgan fingerprint density at radius 1 is 1.30 bits per heavy atom. The molecule has 1 aromatic carbocycles. The molecule has 0 radical (unpaired) electrons. The quantitative estimate of drug-likeness (QED) is 0.899. The van der Waals surface area contributed by atoms with Gasteiger partial charge in [0.05, 0.1) is 6.10 Å². The minimum absolute atomic E-state index is 0.0308. The van der Waals surface area contributed by atoms with E-state index in [9.17, 15) is 14.7 Å². The molecule has 3 rings (SSSR count). The molecule has 0 spiro atoms. The minimum Gasteiger partial charge on any atom is -0.480 e. The summed E-state index contributed by atoms with van der Waals surface area (Å²) in [6.07, 6.45) is 0.786. The van der Waals surface area contributed by atoms with E-state index in [2.05, 4.69) is 0 Å². The molecule has 1 saturated heterocycles. The number of aliphatic carboxylic acids is 1. The van der Waals surface area contributed by atoms with E-state index in [1.165, 1.54) is 12.0 Å². The van der Waals surface area contributed by atoms with Crippen molar-refractivity contribution in [3.8, 4) is 0 Å². The largest absolute Gasteiger partial charge is 0.480 e. The molecule has 23 heavy (non-hydrogen) atoms. The van der Waals surface area contributed by atoms with Crippen molar-refractivity contribution in [1.29, 1.82) is 0 Å². The van der Waals surface area contributed by atoms with Gasteiger partial charge in [-0.1, -0.05) is 29.3 Å². The van der Waals surface area contributed by atoms with E-state index in [0.717, 1.165) is 5.56 Å². The first kappa shape index (κ1) is 16.6. The molecule has 1 N–H and O–H groups in total. The van der Waals surface area contributed by atoms with Crippen LogP contribution in [0.25, 0.3) is 0 Å². The second-order valence-corrected chi connectivity index (χ2v) is 6.90. The van der Waals surface area contributed by atoms with Gasteiger partial charge in [0, 0.05) is 36.0 Å². The summed E-state index contributed by atoms with van der Waals surface area (Å²) >= 11 is 12.1. The topological polar surface area (TPSA) is 66.8 Å². The maximum absolute atomic E-state index is 12.7. The fraction of sp³-hybridized carbons (Fsp3) is 0.500. The number of benzene rings is 1. The van der Waals surface area contributed by atoms with E-state index >= 15 is 0 Å². The summed E-state index contributed by atoms with van der Waals surface area (Å²) in [5.74, 6) is -1.30. The van der Waals surface area contributed by atoms with Crippen LogP contribution in [0.2, 0.25) is 10.0 Å². The number of carbonyl (C=O) groups is 2. The van der Waals surface area contributed by atoms with Gasteiger partial charge in [-0.05, 0) is 30.0 Å². The van der Waals surface area contributed by atoms with Crippen LogP contribution in [0.4, 0.5) is 0 Å². The summed E-state index contributed by atoms with van der Waals surface area (Å²) in [5.41, 5.74) is 0.892. The normalized spacial score (nSPS) is 29.6. The van der Waals surface area contributed by atoms with E-state index in [1.54, 1.807) is 12.1 Å². The van der Waals surface area contributed by atoms with Crippen molar-refractivity contribution in [2.45, 2.75) is 30.9 Å². The Morgan fingerprint density at radius 3 is 2.65 bits per heavy atom. The molecule has 4 atom stereocenters. The summed E-state index contributed by atoms with van der Waals surface area (Å²) in [7, 11) is 1.53. The van der Waals surface area contributed by atoms with E-state index in [-0.39, 0.29) is 23.8 Å². The lowest BCUT2D eigenvalue weighted by Gasteiger charge is -2.21. The Hall–Kier alpha value is -1.30. The van der Waals surface area contributed by atoms with Crippen molar-refractivity contribution in [1.82, 2.24) is 4.90 Å². The highest BCUT2D eigenvalue weighted by molar-refractivity contribution is 6.35. The molecule has 7 heteroatoms. The van der Waals surface area contributed by atoms with Gasteiger partial charge < -0.3 is 14.7 Å². The van der Waals surface area contributed by atoms with Gasteiger partial charge in [-0.2, -0.15) is 0 Å². The number of methoxy groups -OCH3 is 1. The van der Waals surface area contributed by atoms with Crippen molar-refractivity contribution in [3.63, 3.8) is 0 Å². The molecule has 4 unspecified atom stereocenters. The number of carboxylic acid groups (broad SMARTS) is 1. The summed E-state index contributed by atoms with van der Waals surface area (Å²) in [6, 6.07) is 4.43. The first-order valence-corrected chi connectivity index (χ1v) is 8.19. The lowest BCUT2D eigenvalue weighted by Crippen LogP contribution is -2.41. The zero-order valence-corrected chi connectivity index (χ0v) is 14.0. The number of rotatable bonds is 4. The van der Waals surface area contributed by atoms with Crippen molar-refractivity contribution in [3.05, 3.63) is 33.8 Å². The zero-order valence-electron chi connectivity index (χ0n) is 12.5. The van der Waals surface area contributed by atoms with Crippen molar-refractivity contribution >= 4 is 35.1 Å². The molecule has 2 fully saturated rings. The predicted octanol–water partition coefficient (Wildman–Crippen LogP) is 2.80. The van der Waals surface area contributed by atoms with Crippen LogP contribution in [0.15, 0.2) is 18.2 Å². The van der Waals surface area contributed by atoms with Gasteiger partial charge in [-0.25, -0.2) is 4.79 Å². The molecule has 1 heterocycles. The third kappa shape index (κ3) is 3.18. The van der Waals surface area contributed by atoms with Crippen LogP contribution in [0.1, 0.15) is 24.3 Å². The monoisotopic (exact) mass is 357 g/mol. The number of likely N-dealkylation sites (tertiary alicyclic amines) is 1. The number of carbonyl (C=O) groups excluding carboxylic acids is 1. The zero-order chi connectivity index (χ0) is 16.7. The molecule has 124 valence electrons. The highest BCUT2D eigenvalue weighted by atomic mass is 35.5. The van der Waals surface area contributed by atoms with Crippen LogP contribution in [-0.4, -0.2) is 47.7 Å². The number of nitrogens with zero attached hydrogens (tertiary/aromatic N) is 1. The molecular formula is C16H17Cl2NO4. The Balaban J connectivity index is 1.73. The second-order valence-electron chi connectivity index (χ2n) is 6.05. The number of amides is 1. The fourth-order valence-corrected chi connectivity index (χ4v) is 3.82. The maximum Gasteiger partial charge on any atom is 0.326 e. The molecule has 5 nitrogen and oxygen atoms in total. The lowest BCUT2D eigenvalue weighted by molar-refractivity contribution is -0.148. The minimum atomic E-state index is -0.986. The average molecular weight is 358 g/mol. The molecule has 0 bridgehead atoms. The van der Waals surface area contributed by atoms with Crippen LogP contribution < -0.4 is 0 Å². The summed E-state index contributed by atoms with van der Waals surface area (Å²) in [6.45, 7) is 0.323. The van der Waals surface area contributed by atoms with Crippen molar-refractivity contribution in [2.24, 2.45) is 5.92 Å². The Morgan fingerprint density at radius 2 is 2.04 bits per heavy atom. The number of hydrogen-bond acceptors (Lipinski definition) is 3. The van der Waals surface area contributed by atoms with E-state index in [0.29, 0.717) is 29.4 Å². The summed E-state index contributed by atoms with van der Waals surface area (Å²) < 4.78 is 5.22. The first-order valence-electron chi connectivity index (χ1n) is 7.43. The van der Waals surface area contributed by atoms with Crippen LogP contribution in [0.5, 0.6) is 0 Å². The SMILES string of the molecule is COC1CC(C(=O)O)N(C(=O)C2CC2c2ccc(Cl)cc2Cl)C1. The number of hydrogen-bond donors (Lipinski definition) is 1. The predicted molar refractivity (Wildman–Crippen MR) is 85.9 cm³/mol. The van der Waals surface area contributed by atoms with Crippen molar-refractivity contribution in [2.75, 3.05) is 13.7 Å². The molecule has 1 aliphatic heterocycles. The smallest absolute Gasteiger partial charge is 0.326 e. The number of ether oxygens (including phenoxy) is 1. The second kappa shape index (κ2) is 6.30. The van der Waals surface area contributed by atoms with Crippen LogP contribution in [0.3, 0.4) is 0 Å². The van der Waals surface area contributed by atoms with Gasteiger partial charge in [0.15, 0.2) is 0 Å². The van der Waals surface area contributed by atoms with Crippen LogP contribution in [0, 0.1) is 5.92 Å². The van der Waals surface area contributed by atoms with Crippen molar-refractivity contribution < 1.29 is 19.4 Å². The molecule has 1 aromatic rings. The van der Waals surface area contributed by atoms with Gasteiger partial charge in [0.25, 0.3) is 0 Å². The van der Waals surface area contributed by atoms with Gasteiger partial charge in [-0.3, -0.25) is 4.79 Å². The summed E-state index contributed by atoms with van der Waals surface area (Å²) in [4.78, 5) is 25.5. The van der Waals surface area contributed by atoms with Gasteiger partial charge in [0.2, 0.25) is 5.91 Å². The van der Waals surface area contributed by atoms with Gasteiger partial charge in [0.1, 0.15) is 6.04 Å². The number of carboxylic acids is 1. The fourth-order valence-electron chi connectivity index (χ4n) is 3.27.